The number of rotatable bonds is 11. The van der Waals surface area contributed by atoms with Gasteiger partial charge < -0.3 is 15.0 Å². The predicted octanol–water partition coefficient (Wildman–Crippen LogP) is 5.07. The number of H-pyrrole nitrogens is 1. The number of benzene rings is 3. The molecule has 2 amide bonds. The number of aromatic amines is 1. The van der Waals surface area contributed by atoms with Gasteiger partial charge in [0.25, 0.3) is 15.9 Å². The summed E-state index contributed by atoms with van der Waals surface area (Å²) < 4.78 is 32.6. The number of hydrogen-bond donors (Lipinski definition) is 3. The van der Waals surface area contributed by atoms with Crippen molar-refractivity contribution in [1.82, 2.24) is 15.0 Å². The third-order valence-corrected chi connectivity index (χ3v) is 8.22. The molecule has 0 atom stereocenters. The number of carbonyl (C=O) groups is 2. The first-order valence-electron chi connectivity index (χ1n) is 12.5. The maximum Gasteiger partial charge on any atom is 0.268 e. The lowest BCUT2D eigenvalue weighted by Gasteiger charge is -2.11. The number of sulfonamides is 1. The van der Waals surface area contributed by atoms with E-state index in [1.54, 1.807) is 18.2 Å². The first kappa shape index (κ1) is 28.2. The van der Waals surface area contributed by atoms with Gasteiger partial charge in [-0.15, -0.1) is 0 Å². The molecule has 1 heterocycles. The number of amides is 2. The van der Waals surface area contributed by atoms with Gasteiger partial charge in [0, 0.05) is 28.9 Å². The van der Waals surface area contributed by atoms with Crippen LogP contribution in [0.2, 0.25) is 5.02 Å². The van der Waals surface area contributed by atoms with Gasteiger partial charge in [0.05, 0.1) is 11.5 Å². The summed E-state index contributed by atoms with van der Waals surface area (Å²) in [4.78, 5) is 28.5. The van der Waals surface area contributed by atoms with Crippen LogP contribution < -0.4 is 14.8 Å². The van der Waals surface area contributed by atoms with Crippen LogP contribution in [0.1, 0.15) is 40.0 Å². The molecule has 3 aromatic carbocycles. The van der Waals surface area contributed by atoms with Crippen molar-refractivity contribution in [3.8, 4) is 5.75 Å². The van der Waals surface area contributed by atoms with Crippen molar-refractivity contribution >= 4 is 44.3 Å². The highest BCUT2D eigenvalue weighted by Crippen LogP contribution is 2.27. The van der Waals surface area contributed by atoms with E-state index in [9.17, 15) is 18.0 Å². The van der Waals surface area contributed by atoms with E-state index in [1.165, 1.54) is 12.1 Å². The van der Waals surface area contributed by atoms with Crippen molar-refractivity contribution in [3.05, 3.63) is 94.1 Å². The van der Waals surface area contributed by atoms with Crippen LogP contribution in [-0.4, -0.2) is 38.4 Å². The zero-order chi connectivity index (χ0) is 28.0. The Balaban J connectivity index is 1.35. The second-order valence-electron chi connectivity index (χ2n) is 9.19. The van der Waals surface area contributed by atoms with Crippen LogP contribution >= 0.6 is 11.6 Å². The second kappa shape index (κ2) is 12.4. The SMILES string of the molecule is Cc1cc(OCCCc2c(C(=O)NCCC(=O)NS(=O)(=O)c3ccccc3)[nH]c3ccccc23)cc(C)c1Cl. The van der Waals surface area contributed by atoms with Gasteiger partial charge in [-0.1, -0.05) is 48.0 Å². The van der Waals surface area contributed by atoms with Gasteiger partial charge in [-0.05, 0) is 73.7 Å². The highest BCUT2D eigenvalue weighted by atomic mass is 35.5. The first-order valence-corrected chi connectivity index (χ1v) is 14.4. The fourth-order valence-corrected chi connectivity index (χ4v) is 5.46. The molecule has 4 aromatic rings. The van der Waals surface area contributed by atoms with Crippen LogP contribution in [-0.2, 0) is 21.2 Å². The number of aryl methyl sites for hydroxylation is 3. The molecule has 1 aromatic heterocycles. The van der Waals surface area contributed by atoms with Crippen molar-refractivity contribution in [3.63, 3.8) is 0 Å². The molecule has 0 aliphatic heterocycles. The molecule has 0 unspecified atom stereocenters. The lowest BCUT2D eigenvalue weighted by Crippen LogP contribution is -2.34. The molecule has 0 bridgehead atoms. The quantitative estimate of drug-likeness (QED) is 0.219. The van der Waals surface area contributed by atoms with Crippen LogP contribution in [0.3, 0.4) is 0 Å². The van der Waals surface area contributed by atoms with Crippen LogP contribution in [0.5, 0.6) is 5.75 Å². The molecule has 0 aliphatic carbocycles. The highest BCUT2D eigenvalue weighted by Gasteiger charge is 2.19. The average molecular weight is 568 g/mol. The Morgan fingerprint density at radius 1 is 0.974 bits per heavy atom. The van der Waals surface area contributed by atoms with Crippen LogP contribution in [0.4, 0.5) is 0 Å². The molecule has 0 spiro atoms. The van der Waals surface area contributed by atoms with Crippen LogP contribution in [0.25, 0.3) is 10.9 Å². The van der Waals surface area contributed by atoms with E-state index in [-0.39, 0.29) is 23.8 Å². The highest BCUT2D eigenvalue weighted by molar-refractivity contribution is 7.90. The Morgan fingerprint density at radius 3 is 2.36 bits per heavy atom. The van der Waals surface area contributed by atoms with Crippen molar-refractivity contribution in [2.45, 2.75) is 38.0 Å². The van der Waals surface area contributed by atoms with E-state index in [0.717, 1.165) is 38.4 Å². The second-order valence-corrected chi connectivity index (χ2v) is 11.3. The number of para-hydroxylation sites is 1. The van der Waals surface area contributed by atoms with Gasteiger partial charge in [-0.3, -0.25) is 9.59 Å². The Kier molecular flexibility index (Phi) is 8.93. The van der Waals surface area contributed by atoms with Crippen molar-refractivity contribution in [2.24, 2.45) is 0 Å². The zero-order valence-corrected chi connectivity index (χ0v) is 23.3. The Morgan fingerprint density at radius 2 is 1.64 bits per heavy atom. The van der Waals surface area contributed by atoms with E-state index in [0.29, 0.717) is 25.1 Å². The monoisotopic (exact) mass is 567 g/mol. The molecule has 0 aliphatic rings. The standard InChI is InChI=1S/C29H30ClN3O5S/c1-19-17-21(18-20(2)27(19)30)38-16-8-12-24-23-11-6-7-13-25(23)32-28(24)29(35)31-15-14-26(34)33-39(36,37)22-9-4-3-5-10-22/h3-7,9-11,13,17-18,32H,8,12,14-16H2,1-2H3,(H,31,35)(H,33,34). The van der Waals surface area contributed by atoms with E-state index >= 15 is 0 Å². The fourth-order valence-electron chi connectivity index (χ4n) is 4.32. The Hall–Kier alpha value is -3.82. The minimum absolute atomic E-state index is 0.00425. The Bertz CT molecular complexity index is 1580. The number of nitrogens with one attached hydrogen (secondary N) is 3. The number of aromatic nitrogens is 1. The maximum absolute atomic E-state index is 13.0. The molecule has 3 N–H and O–H groups in total. The minimum Gasteiger partial charge on any atom is -0.494 e. The number of fused-ring (bicyclic) bond motifs is 1. The Labute approximate surface area is 232 Å². The topological polar surface area (TPSA) is 117 Å². The zero-order valence-electron chi connectivity index (χ0n) is 21.7. The van der Waals surface area contributed by atoms with Gasteiger partial charge in [0.1, 0.15) is 11.4 Å². The number of carbonyl (C=O) groups excluding carboxylic acids is 2. The van der Waals surface area contributed by atoms with Gasteiger partial charge in [-0.25, -0.2) is 13.1 Å². The van der Waals surface area contributed by atoms with Crippen LogP contribution in [0, 0.1) is 13.8 Å². The number of halogens is 1. The smallest absolute Gasteiger partial charge is 0.268 e. The third kappa shape index (κ3) is 6.99. The summed E-state index contributed by atoms with van der Waals surface area (Å²) in [7, 11) is -3.96. The molecule has 204 valence electrons. The van der Waals surface area contributed by atoms with E-state index in [4.69, 9.17) is 16.3 Å². The molecule has 4 rings (SSSR count). The lowest BCUT2D eigenvalue weighted by molar-refractivity contribution is -0.119. The molecule has 8 nitrogen and oxygen atoms in total. The molecule has 0 fully saturated rings. The third-order valence-electron chi connectivity index (χ3n) is 6.23. The van der Waals surface area contributed by atoms with Gasteiger partial charge in [0.15, 0.2) is 0 Å². The largest absolute Gasteiger partial charge is 0.494 e. The molecule has 0 radical (unpaired) electrons. The molecule has 10 heteroatoms. The average Bonchev–Trinajstić information content (AvgIpc) is 3.28. The summed E-state index contributed by atoms with van der Waals surface area (Å²) in [5.41, 5.74) is 3.99. The predicted molar refractivity (Wildman–Crippen MR) is 152 cm³/mol. The van der Waals surface area contributed by atoms with Crippen molar-refractivity contribution in [1.29, 1.82) is 0 Å². The fraction of sp³-hybridized carbons (Fsp3) is 0.241. The summed E-state index contributed by atoms with van der Waals surface area (Å²) >= 11 is 6.24. The summed E-state index contributed by atoms with van der Waals surface area (Å²) in [6.07, 6.45) is 1.07. The van der Waals surface area contributed by atoms with Gasteiger partial charge >= 0.3 is 0 Å². The van der Waals surface area contributed by atoms with E-state index < -0.39 is 15.9 Å². The van der Waals surface area contributed by atoms with Crippen molar-refractivity contribution < 1.29 is 22.7 Å². The number of hydrogen-bond acceptors (Lipinski definition) is 5. The summed E-state index contributed by atoms with van der Waals surface area (Å²) in [5.74, 6) is -0.329. The summed E-state index contributed by atoms with van der Waals surface area (Å²) in [6.45, 7) is 4.30. The molecule has 0 saturated heterocycles. The van der Waals surface area contributed by atoms with Crippen molar-refractivity contribution in [2.75, 3.05) is 13.2 Å². The maximum atomic E-state index is 13.0. The van der Waals surface area contributed by atoms with E-state index in [1.807, 2.05) is 55.0 Å². The van der Waals surface area contributed by atoms with Gasteiger partial charge in [0.2, 0.25) is 5.91 Å². The molecular weight excluding hydrogens is 538 g/mol. The minimum atomic E-state index is -3.96. The normalized spacial score (nSPS) is 11.4. The first-order chi connectivity index (χ1) is 18.7. The number of ether oxygens (including phenoxy) is 1. The lowest BCUT2D eigenvalue weighted by atomic mass is 10.1. The molecule has 39 heavy (non-hydrogen) atoms. The van der Waals surface area contributed by atoms with Gasteiger partial charge in [-0.2, -0.15) is 0 Å². The molecule has 0 saturated carbocycles. The summed E-state index contributed by atoms with van der Waals surface area (Å²) in [6, 6.07) is 19.1. The summed E-state index contributed by atoms with van der Waals surface area (Å²) in [5, 5.41) is 4.39. The van der Waals surface area contributed by atoms with E-state index in [2.05, 4.69) is 10.3 Å². The van der Waals surface area contributed by atoms with Crippen LogP contribution in [0.15, 0.2) is 71.6 Å². The molecular formula is C29H30ClN3O5S.